The van der Waals surface area contributed by atoms with Crippen LogP contribution in [0.15, 0.2) is 22.5 Å². The molecule has 24 heavy (non-hydrogen) atoms. The number of nitrogens with zero attached hydrogens (tertiary/aromatic N) is 3. The molecule has 0 spiro atoms. The van der Waals surface area contributed by atoms with Crippen molar-refractivity contribution in [2.45, 2.75) is 26.3 Å². The van der Waals surface area contributed by atoms with Crippen molar-refractivity contribution in [3.63, 3.8) is 0 Å². The lowest BCUT2D eigenvalue weighted by Crippen LogP contribution is -2.55. The van der Waals surface area contributed by atoms with Crippen molar-refractivity contribution in [1.29, 1.82) is 0 Å². The highest BCUT2D eigenvalue weighted by molar-refractivity contribution is 7.09. The van der Waals surface area contributed by atoms with Gasteiger partial charge in [-0.05, 0) is 30.8 Å². The molecule has 2 heterocycles. The number of nitrogens with one attached hydrogen (secondary N) is 2. The van der Waals surface area contributed by atoms with E-state index in [1.807, 2.05) is 18.4 Å². The van der Waals surface area contributed by atoms with Crippen LogP contribution in [0.4, 0.5) is 0 Å². The molecule has 0 radical (unpaired) electrons. The van der Waals surface area contributed by atoms with Crippen LogP contribution in [-0.4, -0.2) is 75.2 Å². The summed E-state index contributed by atoms with van der Waals surface area (Å²) in [6.45, 7) is 11.1. The van der Waals surface area contributed by atoms with Crippen LogP contribution in [0.3, 0.4) is 0 Å². The second-order valence-electron chi connectivity index (χ2n) is 6.86. The van der Waals surface area contributed by atoms with Gasteiger partial charge in [0.2, 0.25) is 0 Å². The summed E-state index contributed by atoms with van der Waals surface area (Å²) in [5.41, 5.74) is 0. The van der Waals surface area contributed by atoms with Gasteiger partial charge in [-0.25, -0.2) is 0 Å². The predicted octanol–water partition coefficient (Wildman–Crippen LogP) is 1.73. The van der Waals surface area contributed by atoms with Crippen LogP contribution in [0.25, 0.3) is 0 Å². The molecular weight excluding hydrogens is 318 g/mol. The van der Waals surface area contributed by atoms with E-state index in [1.165, 1.54) is 4.88 Å². The minimum atomic E-state index is 0.551. The Balaban J connectivity index is 1.76. The molecule has 1 unspecified atom stereocenters. The van der Waals surface area contributed by atoms with Gasteiger partial charge < -0.3 is 15.5 Å². The average molecular weight is 352 g/mol. The van der Waals surface area contributed by atoms with Crippen molar-refractivity contribution in [2.75, 3.05) is 53.4 Å². The molecule has 1 aromatic heterocycles. The topological polar surface area (TPSA) is 42.9 Å². The molecule has 0 bridgehead atoms. The number of hydrogen-bond acceptors (Lipinski definition) is 4. The second-order valence-corrected chi connectivity index (χ2v) is 7.89. The van der Waals surface area contributed by atoms with Gasteiger partial charge in [0.25, 0.3) is 0 Å². The molecule has 1 aliphatic heterocycles. The van der Waals surface area contributed by atoms with E-state index in [0.717, 1.165) is 51.6 Å². The van der Waals surface area contributed by atoms with Crippen LogP contribution in [0.1, 0.15) is 18.7 Å². The summed E-state index contributed by atoms with van der Waals surface area (Å²) in [6, 6.07) is 4.84. The number of piperazine rings is 1. The van der Waals surface area contributed by atoms with Crippen molar-refractivity contribution in [3.05, 3.63) is 22.4 Å². The predicted molar refractivity (Wildman–Crippen MR) is 105 cm³/mol. The molecule has 2 N–H and O–H groups in total. The highest BCUT2D eigenvalue weighted by Gasteiger charge is 2.24. The molecule has 2 rings (SSSR count). The quantitative estimate of drug-likeness (QED) is 0.580. The fourth-order valence-electron chi connectivity index (χ4n) is 3.12. The lowest BCUT2D eigenvalue weighted by molar-refractivity contribution is 0.0900. The largest absolute Gasteiger partial charge is 0.356 e. The third-order valence-corrected chi connectivity index (χ3v) is 5.66. The van der Waals surface area contributed by atoms with E-state index >= 15 is 0 Å². The van der Waals surface area contributed by atoms with Gasteiger partial charge in [0.15, 0.2) is 5.96 Å². The molecule has 5 nitrogen and oxygen atoms in total. The lowest BCUT2D eigenvalue weighted by Gasteiger charge is -2.40. The Hall–Kier alpha value is -1.11. The number of hydrogen-bond donors (Lipinski definition) is 2. The maximum atomic E-state index is 4.37. The molecule has 0 saturated carbocycles. The first-order valence-electron chi connectivity index (χ1n) is 8.99. The molecule has 1 fully saturated rings. The van der Waals surface area contributed by atoms with Crippen LogP contribution in [0.5, 0.6) is 0 Å². The highest BCUT2D eigenvalue weighted by Crippen LogP contribution is 2.13. The van der Waals surface area contributed by atoms with Crippen molar-refractivity contribution in [2.24, 2.45) is 10.9 Å². The van der Waals surface area contributed by atoms with Crippen LogP contribution in [0, 0.1) is 5.92 Å². The average Bonchev–Trinajstić information content (AvgIpc) is 3.08. The fourth-order valence-corrected chi connectivity index (χ4v) is 3.83. The van der Waals surface area contributed by atoms with Crippen LogP contribution in [-0.2, 0) is 6.42 Å². The first-order chi connectivity index (χ1) is 11.6. The summed E-state index contributed by atoms with van der Waals surface area (Å²) < 4.78 is 0. The van der Waals surface area contributed by atoms with Crippen LogP contribution in [0.2, 0.25) is 0 Å². The smallest absolute Gasteiger partial charge is 0.191 e. The monoisotopic (exact) mass is 351 g/mol. The van der Waals surface area contributed by atoms with Gasteiger partial charge >= 0.3 is 0 Å². The Morgan fingerprint density at radius 1 is 1.25 bits per heavy atom. The molecule has 1 aliphatic rings. The Morgan fingerprint density at radius 3 is 2.58 bits per heavy atom. The van der Waals surface area contributed by atoms with E-state index in [0.29, 0.717) is 12.0 Å². The fraction of sp³-hybridized carbons (Fsp3) is 0.722. The normalized spacial score (nSPS) is 18.8. The molecule has 136 valence electrons. The van der Waals surface area contributed by atoms with Gasteiger partial charge in [-0.2, -0.15) is 0 Å². The SMILES string of the molecule is CN=C(NCCc1cccs1)NCC(C(C)C)N1CCN(C)CC1. The Kier molecular flexibility index (Phi) is 8.02. The Labute approximate surface area is 151 Å². The second kappa shape index (κ2) is 10.0. The van der Waals surface area contributed by atoms with Crippen molar-refractivity contribution in [3.8, 4) is 0 Å². The maximum Gasteiger partial charge on any atom is 0.191 e. The molecule has 1 saturated heterocycles. The van der Waals surface area contributed by atoms with Gasteiger partial charge in [0, 0.05) is 57.2 Å². The minimum Gasteiger partial charge on any atom is -0.356 e. The Bertz CT molecular complexity index is 478. The zero-order valence-electron chi connectivity index (χ0n) is 15.6. The van der Waals surface area contributed by atoms with Crippen molar-refractivity contribution >= 4 is 17.3 Å². The summed E-state index contributed by atoms with van der Waals surface area (Å²) >= 11 is 1.81. The summed E-state index contributed by atoms with van der Waals surface area (Å²) in [7, 11) is 4.06. The van der Waals surface area contributed by atoms with E-state index < -0.39 is 0 Å². The molecular formula is C18H33N5S. The van der Waals surface area contributed by atoms with E-state index in [2.05, 4.69) is 63.8 Å². The van der Waals surface area contributed by atoms with Gasteiger partial charge in [-0.15, -0.1) is 11.3 Å². The number of rotatable bonds is 7. The van der Waals surface area contributed by atoms with Crippen LogP contribution >= 0.6 is 11.3 Å². The number of aliphatic imine (C=N–C) groups is 1. The zero-order chi connectivity index (χ0) is 17.4. The maximum absolute atomic E-state index is 4.37. The third-order valence-electron chi connectivity index (χ3n) is 4.72. The first kappa shape index (κ1) is 19.2. The van der Waals surface area contributed by atoms with E-state index in [1.54, 1.807) is 0 Å². The molecule has 0 aliphatic carbocycles. The van der Waals surface area contributed by atoms with E-state index in [9.17, 15) is 0 Å². The number of likely N-dealkylation sites (N-methyl/N-ethyl adjacent to an activating group) is 1. The standard InChI is InChI=1S/C18H33N5S/c1-15(2)17(23-11-9-22(4)10-12-23)14-21-18(19-3)20-8-7-16-6-5-13-24-16/h5-6,13,15,17H,7-12,14H2,1-4H3,(H2,19,20,21). The number of thiophene rings is 1. The molecule has 0 aromatic carbocycles. The third kappa shape index (κ3) is 6.07. The summed E-state index contributed by atoms with van der Waals surface area (Å²) in [4.78, 5) is 10.8. The summed E-state index contributed by atoms with van der Waals surface area (Å²) in [5.74, 6) is 1.54. The van der Waals surface area contributed by atoms with Gasteiger partial charge in [0.1, 0.15) is 0 Å². The van der Waals surface area contributed by atoms with E-state index in [-0.39, 0.29) is 0 Å². The molecule has 1 atom stereocenters. The zero-order valence-corrected chi connectivity index (χ0v) is 16.4. The van der Waals surface area contributed by atoms with E-state index in [4.69, 9.17) is 0 Å². The summed E-state index contributed by atoms with van der Waals surface area (Å²) in [6.07, 6.45) is 1.05. The molecule has 6 heteroatoms. The van der Waals surface area contributed by atoms with Crippen LogP contribution < -0.4 is 10.6 Å². The minimum absolute atomic E-state index is 0.551. The highest BCUT2D eigenvalue weighted by atomic mass is 32.1. The van der Waals surface area contributed by atoms with Gasteiger partial charge in [-0.1, -0.05) is 19.9 Å². The molecule has 1 aromatic rings. The number of guanidine groups is 1. The van der Waals surface area contributed by atoms with Gasteiger partial charge in [0.05, 0.1) is 0 Å². The van der Waals surface area contributed by atoms with Gasteiger partial charge in [-0.3, -0.25) is 9.89 Å². The van der Waals surface area contributed by atoms with Crippen molar-refractivity contribution < 1.29 is 0 Å². The molecule has 0 amide bonds. The summed E-state index contributed by atoms with van der Waals surface area (Å²) in [5, 5.41) is 9.09. The Morgan fingerprint density at radius 2 is 2.00 bits per heavy atom. The van der Waals surface area contributed by atoms with Crippen molar-refractivity contribution in [1.82, 2.24) is 20.4 Å². The first-order valence-corrected chi connectivity index (χ1v) is 9.87. The lowest BCUT2D eigenvalue weighted by atomic mass is 10.0.